The summed E-state index contributed by atoms with van der Waals surface area (Å²) >= 11 is 0. The summed E-state index contributed by atoms with van der Waals surface area (Å²) in [5.74, 6) is 4.30. The van der Waals surface area contributed by atoms with E-state index in [1.165, 1.54) is 0 Å². The number of benzene rings is 1. The third-order valence-electron chi connectivity index (χ3n) is 3.06. The molecule has 1 unspecified atom stereocenters. The topological polar surface area (TPSA) is 92.4 Å². The standard InChI is InChI=1S/C16H20N2O3/c1-10(2)14(15(17)20)18-16(21)13-7-6-11(3)12(9-13)5-4-8-19/h6-7,9-10,14,19H,8H2,1-3H3,(H2,17,20)(H,18,21). The number of aliphatic hydroxyl groups is 1. The van der Waals surface area contributed by atoms with E-state index in [0.29, 0.717) is 11.1 Å². The number of nitrogens with one attached hydrogen (secondary N) is 1. The summed E-state index contributed by atoms with van der Waals surface area (Å²) in [7, 11) is 0. The van der Waals surface area contributed by atoms with Gasteiger partial charge in [-0.2, -0.15) is 0 Å². The number of aryl methyl sites for hydroxylation is 1. The number of primary amides is 1. The second-order valence-corrected chi connectivity index (χ2v) is 5.09. The average molecular weight is 288 g/mol. The van der Waals surface area contributed by atoms with Crippen molar-refractivity contribution in [3.8, 4) is 11.8 Å². The minimum absolute atomic E-state index is 0.0921. The summed E-state index contributed by atoms with van der Waals surface area (Å²) in [4.78, 5) is 23.5. The fraction of sp³-hybridized carbons (Fsp3) is 0.375. The first kappa shape index (κ1) is 16.7. The first-order chi connectivity index (χ1) is 9.86. The lowest BCUT2D eigenvalue weighted by Crippen LogP contribution is -2.47. The highest BCUT2D eigenvalue weighted by Gasteiger charge is 2.22. The third kappa shape index (κ3) is 4.62. The van der Waals surface area contributed by atoms with Crippen molar-refractivity contribution in [3.63, 3.8) is 0 Å². The van der Waals surface area contributed by atoms with Gasteiger partial charge in [0, 0.05) is 11.1 Å². The number of aliphatic hydroxyl groups excluding tert-OH is 1. The van der Waals surface area contributed by atoms with E-state index in [1.54, 1.807) is 18.2 Å². The molecule has 4 N–H and O–H groups in total. The van der Waals surface area contributed by atoms with Crippen LogP contribution in [-0.4, -0.2) is 29.6 Å². The van der Waals surface area contributed by atoms with E-state index in [4.69, 9.17) is 10.8 Å². The Labute approximate surface area is 124 Å². The molecule has 0 saturated heterocycles. The van der Waals surface area contributed by atoms with Crippen LogP contribution >= 0.6 is 0 Å². The molecule has 0 radical (unpaired) electrons. The van der Waals surface area contributed by atoms with Crippen LogP contribution in [0.4, 0.5) is 0 Å². The Bertz CT molecular complexity index is 597. The second kappa shape index (κ2) is 7.46. The normalized spacial score (nSPS) is 11.5. The average Bonchev–Trinajstić information content (AvgIpc) is 2.42. The summed E-state index contributed by atoms with van der Waals surface area (Å²) in [5.41, 5.74) is 7.25. The van der Waals surface area contributed by atoms with E-state index >= 15 is 0 Å². The predicted octanol–water partition coefficient (Wildman–Crippen LogP) is 0.579. The molecule has 1 rings (SSSR count). The minimum atomic E-state index is -0.717. The smallest absolute Gasteiger partial charge is 0.251 e. The Morgan fingerprint density at radius 1 is 1.38 bits per heavy atom. The monoisotopic (exact) mass is 288 g/mol. The van der Waals surface area contributed by atoms with Crippen molar-refractivity contribution in [2.45, 2.75) is 26.8 Å². The van der Waals surface area contributed by atoms with Crippen LogP contribution in [0, 0.1) is 24.7 Å². The highest BCUT2D eigenvalue weighted by molar-refractivity contribution is 5.97. The van der Waals surface area contributed by atoms with Crippen molar-refractivity contribution in [3.05, 3.63) is 34.9 Å². The van der Waals surface area contributed by atoms with Crippen LogP contribution in [0.15, 0.2) is 18.2 Å². The summed E-state index contributed by atoms with van der Waals surface area (Å²) in [6, 6.07) is 4.34. The van der Waals surface area contributed by atoms with E-state index in [2.05, 4.69) is 17.2 Å². The SMILES string of the molecule is Cc1ccc(C(=O)NC(C(N)=O)C(C)C)cc1C#CCO. The lowest BCUT2D eigenvalue weighted by atomic mass is 10.0. The lowest BCUT2D eigenvalue weighted by molar-refractivity contribution is -0.120. The van der Waals surface area contributed by atoms with Crippen LogP contribution in [0.1, 0.15) is 35.3 Å². The van der Waals surface area contributed by atoms with Gasteiger partial charge >= 0.3 is 0 Å². The van der Waals surface area contributed by atoms with Crippen LogP contribution in [0.3, 0.4) is 0 Å². The van der Waals surface area contributed by atoms with Gasteiger partial charge in [-0.25, -0.2) is 0 Å². The van der Waals surface area contributed by atoms with E-state index < -0.39 is 11.9 Å². The molecule has 1 atom stereocenters. The summed E-state index contributed by atoms with van der Waals surface area (Å²) in [6.07, 6.45) is 0. The molecule has 0 aliphatic rings. The third-order valence-corrected chi connectivity index (χ3v) is 3.06. The Kier molecular flexibility index (Phi) is 5.94. The van der Waals surface area contributed by atoms with E-state index in [0.717, 1.165) is 5.56 Å². The Hall–Kier alpha value is -2.32. The quantitative estimate of drug-likeness (QED) is 0.708. The van der Waals surface area contributed by atoms with Gasteiger partial charge in [-0.1, -0.05) is 31.8 Å². The zero-order valence-corrected chi connectivity index (χ0v) is 12.4. The van der Waals surface area contributed by atoms with Crippen LogP contribution < -0.4 is 11.1 Å². The molecule has 112 valence electrons. The molecule has 0 aromatic heterocycles. The number of nitrogens with two attached hydrogens (primary N) is 1. The molecule has 0 fully saturated rings. The maximum atomic E-state index is 12.2. The summed E-state index contributed by atoms with van der Waals surface area (Å²) in [6.45, 7) is 5.24. The number of amides is 2. The molecular formula is C16H20N2O3. The number of carbonyl (C=O) groups is 2. The molecule has 1 aromatic rings. The maximum Gasteiger partial charge on any atom is 0.251 e. The molecule has 21 heavy (non-hydrogen) atoms. The predicted molar refractivity (Wildman–Crippen MR) is 80.4 cm³/mol. The van der Waals surface area contributed by atoms with Gasteiger partial charge in [0.1, 0.15) is 12.6 Å². The Morgan fingerprint density at radius 2 is 2.05 bits per heavy atom. The molecule has 0 aliphatic carbocycles. The van der Waals surface area contributed by atoms with Gasteiger partial charge in [0.25, 0.3) is 5.91 Å². The molecule has 5 nitrogen and oxygen atoms in total. The van der Waals surface area contributed by atoms with Gasteiger partial charge in [0.05, 0.1) is 0 Å². The maximum absolute atomic E-state index is 12.2. The number of hydrogen-bond donors (Lipinski definition) is 3. The van der Waals surface area contributed by atoms with Crippen molar-refractivity contribution in [1.29, 1.82) is 0 Å². The zero-order chi connectivity index (χ0) is 16.0. The molecule has 0 aliphatic heterocycles. The number of hydrogen-bond acceptors (Lipinski definition) is 3. The highest BCUT2D eigenvalue weighted by atomic mass is 16.2. The molecule has 0 heterocycles. The van der Waals surface area contributed by atoms with Crippen molar-refractivity contribution in [1.82, 2.24) is 5.32 Å². The lowest BCUT2D eigenvalue weighted by Gasteiger charge is -2.19. The molecular weight excluding hydrogens is 268 g/mol. The molecule has 0 spiro atoms. The largest absolute Gasteiger partial charge is 0.384 e. The van der Waals surface area contributed by atoms with Gasteiger partial charge in [-0.05, 0) is 30.5 Å². The van der Waals surface area contributed by atoms with Crippen LogP contribution in [0.2, 0.25) is 0 Å². The molecule has 1 aromatic carbocycles. The fourth-order valence-electron chi connectivity index (χ4n) is 1.82. The van der Waals surface area contributed by atoms with Crippen molar-refractivity contribution in [2.75, 3.05) is 6.61 Å². The van der Waals surface area contributed by atoms with Crippen LogP contribution in [0.5, 0.6) is 0 Å². The van der Waals surface area contributed by atoms with E-state index in [9.17, 15) is 9.59 Å². The second-order valence-electron chi connectivity index (χ2n) is 5.09. The number of rotatable bonds is 4. The van der Waals surface area contributed by atoms with E-state index in [-0.39, 0.29) is 18.4 Å². The van der Waals surface area contributed by atoms with Gasteiger partial charge in [0.15, 0.2) is 0 Å². The van der Waals surface area contributed by atoms with E-state index in [1.807, 2.05) is 20.8 Å². The van der Waals surface area contributed by atoms with Gasteiger partial charge in [0.2, 0.25) is 5.91 Å². The number of carbonyl (C=O) groups excluding carboxylic acids is 2. The molecule has 0 bridgehead atoms. The van der Waals surface area contributed by atoms with Gasteiger partial charge < -0.3 is 16.2 Å². The van der Waals surface area contributed by atoms with Crippen LogP contribution in [0.25, 0.3) is 0 Å². The first-order valence-electron chi connectivity index (χ1n) is 6.67. The van der Waals surface area contributed by atoms with Gasteiger partial charge in [-0.15, -0.1) is 0 Å². The van der Waals surface area contributed by atoms with Crippen molar-refractivity contribution in [2.24, 2.45) is 11.7 Å². The summed E-state index contributed by atoms with van der Waals surface area (Å²) in [5, 5.41) is 11.4. The highest BCUT2D eigenvalue weighted by Crippen LogP contribution is 2.11. The van der Waals surface area contributed by atoms with Crippen LogP contribution in [-0.2, 0) is 4.79 Å². The summed E-state index contributed by atoms with van der Waals surface area (Å²) < 4.78 is 0. The fourth-order valence-corrected chi connectivity index (χ4v) is 1.82. The molecule has 5 heteroatoms. The zero-order valence-electron chi connectivity index (χ0n) is 12.4. The Balaban J connectivity index is 3.00. The molecule has 0 saturated carbocycles. The minimum Gasteiger partial charge on any atom is -0.384 e. The van der Waals surface area contributed by atoms with Crippen molar-refractivity contribution >= 4 is 11.8 Å². The van der Waals surface area contributed by atoms with Crippen molar-refractivity contribution < 1.29 is 14.7 Å². The Morgan fingerprint density at radius 3 is 2.57 bits per heavy atom. The molecule has 2 amide bonds. The van der Waals surface area contributed by atoms with Gasteiger partial charge in [-0.3, -0.25) is 9.59 Å². The first-order valence-corrected chi connectivity index (χ1v) is 6.67.